The van der Waals surface area contributed by atoms with Crippen LogP contribution in [0.4, 0.5) is 4.39 Å². The third-order valence-electron chi connectivity index (χ3n) is 3.92. The fraction of sp³-hybridized carbons (Fsp3) is 0.385. The molecule has 1 aromatic carbocycles. The Morgan fingerprint density at radius 3 is 2.85 bits per heavy atom. The van der Waals surface area contributed by atoms with Crippen LogP contribution in [0.2, 0.25) is 0 Å². The minimum absolute atomic E-state index is 0.287. The van der Waals surface area contributed by atoms with Gasteiger partial charge in [0.2, 0.25) is 5.91 Å². The van der Waals surface area contributed by atoms with Gasteiger partial charge in [-0.2, -0.15) is 10.2 Å². The summed E-state index contributed by atoms with van der Waals surface area (Å²) in [5.41, 5.74) is -0.829. The first-order chi connectivity index (χ1) is 9.49. The van der Waals surface area contributed by atoms with E-state index in [1.54, 1.807) is 19.1 Å². The Bertz CT molecular complexity index is 649. The molecule has 3 atom stereocenters. The van der Waals surface area contributed by atoms with Gasteiger partial charge in [-0.25, -0.2) is 4.39 Å². The van der Waals surface area contributed by atoms with Crippen molar-refractivity contribution in [2.75, 3.05) is 0 Å². The second-order valence-corrected chi connectivity index (χ2v) is 5.81. The fourth-order valence-corrected chi connectivity index (χ4v) is 3.29. The number of halogens is 2. The van der Waals surface area contributed by atoms with E-state index in [1.807, 2.05) is 0 Å². The number of carbonyl (C=O) groups is 2. The highest BCUT2D eigenvalue weighted by molar-refractivity contribution is 9.10. The number of amides is 2. The van der Waals surface area contributed by atoms with E-state index in [2.05, 4.69) is 31.5 Å². The molecular formula is C13H11BrFN3O2. The average molecular weight is 340 g/mol. The standard InChI is InChI=1S/C13H11BrFN3O2/c1-2-13(7-5-6(14)3-4-8(7)15)9-10(17-18-13)12(20)16-11(9)19/h3-5,9-10H,2H2,1H3,(H,16,19,20). The van der Waals surface area contributed by atoms with Crippen molar-refractivity contribution in [2.45, 2.75) is 24.9 Å². The molecule has 1 fully saturated rings. The number of hydrogen-bond donors (Lipinski definition) is 1. The molecule has 2 aliphatic heterocycles. The first-order valence-electron chi connectivity index (χ1n) is 6.22. The van der Waals surface area contributed by atoms with Gasteiger partial charge in [0.15, 0.2) is 6.04 Å². The molecule has 3 rings (SSSR count). The lowest BCUT2D eigenvalue weighted by Gasteiger charge is -2.29. The van der Waals surface area contributed by atoms with Crippen molar-refractivity contribution in [3.05, 3.63) is 34.1 Å². The number of carbonyl (C=O) groups excluding carboxylic acids is 2. The molecule has 7 heteroatoms. The SMILES string of the molecule is CCC1(c2cc(Br)ccc2F)N=NC2C(=O)NC(=O)C21. The molecular weight excluding hydrogens is 329 g/mol. The van der Waals surface area contributed by atoms with Gasteiger partial charge in [0, 0.05) is 10.0 Å². The maximum Gasteiger partial charge on any atom is 0.254 e. The molecule has 1 saturated heterocycles. The van der Waals surface area contributed by atoms with Crippen molar-refractivity contribution in [3.8, 4) is 0 Å². The first-order valence-corrected chi connectivity index (χ1v) is 7.01. The van der Waals surface area contributed by atoms with Crippen LogP contribution in [0, 0.1) is 11.7 Å². The quantitative estimate of drug-likeness (QED) is 0.840. The molecule has 104 valence electrons. The van der Waals surface area contributed by atoms with Gasteiger partial charge in [0.25, 0.3) is 5.91 Å². The molecule has 0 bridgehead atoms. The Kier molecular flexibility index (Phi) is 2.97. The third kappa shape index (κ3) is 1.65. The largest absolute Gasteiger partial charge is 0.294 e. The van der Waals surface area contributed by atoms with Crippen LogP contribution in [-0.4, -0.2) is 17.9 Å². The first kappa shape index (κ1) is 13.4. The molecule has 0 aromatic heterocycles. The van der Waals surface area contributed by atoms with Gasteiger partial charge in [-0.05, 0) is 24.6 Å². The highest BCUT2D eigenvalue weighted by atomic mass is 79.9. The highest BCUT2D eigenvalue weighted by Crippen LogP contribution is 2.48. The molecule has 3 unspecified atom stereocenters. The van der Waals surface area contributed by atoms with Crippen molar-refractivity contribution in [1.82, 2.24) is 5.32 Å². The van der Waals surface area contributed by atoms with E-state index in [9.17, 15) is 14.0 Å². The molecule has 0 radical (unpaired) electrons. The van der Waals surface area contributed by atoms with Crippen LogP contribution in [0.15, 0.2) is 32.9 Å². The van der Waals surface area contributed by atoms with E-state index < -0.39 is 35.1 Å². The van der Waals surface area contributed by atoms with Crippen LogP contribution < -0.4 is 5.32 Å². The van der Waals surface area contributed by atoms with Crippen LogP contribution in [0.5, 0.6) is 0 Å². The summed E-state index contributed by atoms with van der Waals surface area (Å²) in [7, 11) is 0. The zero-order valence-electron chi connectivity index (χ0n) is 10.6. The summed E-state index contributed by atoms with van der Waals surface area (Å²) in [6.45, 7) is 1.80. The second kappa shape index (κ2) is 4.44. The summed E-state index contributed by atoms with van der Waals surface area (Å²) >= 11 is 3.29. The summed E-state index contributed by atoms with van der Waals surface area (Å²) in [6.07, 6.45) is 0.381. The molecule has 1 N–H and O–H groups in total. The van der Waals surface area contributed by atoms with Gasteiger partial charge < -0.3 is 0 Å². The summed E-state index contributed by atoms with van der Waals surface area (Å²) in [4.78, 5) is 23.7. The van der Waals surface area contributed by atoms with Gasteiger partial charge >= 0.3 is 0 Å². The van der Waals surface area contributed by atoms with Crippen LogP contribution in [-0.2, 0) is 15.1 Å². The number of rotatable bonds is 2. The smallest absolute Gasteiger partial charge is 0.254 e. The Morgan fingerprint density at radius 2 is 2.15 bits per heavy atom. The summed E-state index contributed by atoms with van der Waals surface area (Å²) in [5, 5.41) is 10.3. The molecule has 0 aliphatic carbocycles. The fourth-order valence-electron chi connectivity index (χ4n) is 2.92. The number of nitrogens with one attached hydrogen (secondary N) is 1. The summed E-state index contributed by atoms with van der Waals surface area (Å²) < 4.78 is 14.9. The number of imide groups is 1. The lowest BCUT2D eigenvalue weighted by Crippen LogP contribution is -2.38. The monoisotopic (exact) mass is 339 g/mol. The maximum absolute atomic E-state index is 14.2. The van der Waals surface area contributed by atoms with Crippen LogP contribution in [0.3, 0.4) is 0 Å². The van der Waals surface area contributed by atoms with Gasteiger partial charge in [-0.1, -0.05) is 22.9 Å². The Labute approximate surface area is 122 Å². The Balaban J connectivity index is 2.18. The molecule has 1 aromatic rings. The molecule has 5 nitrogen and oxygen atoms in total. The van der Waals surface area contributed by atoms with E-state index in [0.717, 1.165) is 0 Å². The van der Waals surface area contributed by atoms with Crippen LogP contribution in [0.1, 0.15) is 18.9 Å². The molecule has 2 amide bonds. The minimum atomic E-state index is -1.12. The Morgan fingerprint density at radius 1 is 1.40 bits per heavy atom. The van der Waals surface area contributed by atoms with Gasteiger partial charge in [-0.15, -0.1) is 0 Å². The average Bonchev–Trinajstić information content (AvgIpc) is 2.94. The van der Waals surface area contributed by atoms with Crippen molar-refractivity contribution >= 4 is 27.7 Å². The molecule has 2 heterocycles. The molecule has 20 heavy (non-hydrogen) atoms. The maximum atomic E-state index is 14.2. The van der Waals surface area contributed by atoms with Gasteiger partial charge in [-0.3, -0.25) is 14.9 Å². The van der Waals surface area contributed by atoms with Crippen molar-refractivity contribution < 1.29 is 14.0 Å². The van der Waals surface area contributed by atoms with Crippen molar-refractivity contribution in [3.63, 3.8) is 0 Å². The zero-order chi connectivity index (χ0) is 14.5. The predicted molar refractivity (Wildman–Crippen MR) is 71.4 cm³/mol. The number of fused-ring (bicyclic) bond motifs is 1. The van der Waals surface area contributed by atoms with Crippen molar-refractivity contribution in [2.24, 2.45) is 16.1 Å². The highest BCUT2D eigenvalue weighted by Gasteiger charge is 2.59. The lowest BCUT2D eigenvalue weighted by molar-refractivity contribution is -0.126. The Hall–Kier alpha value is -1.63. The normalized spacial score (nSPS) is 31.6. The number of azo groups is 1. The zero-order valence-corrected chi connectivity index (χ0v) is 12.1. The van der Waals surface area contributed by atoms with E-state index >= 15 is 0 Å². The molecule has 0 saturated carbocycles. The lowest BCUT2D eigenvalue weighted by atomic mass is 9.75. The van der Waals surface area contributed by atoms with Gasteiger partial charge in [0.1, 0.15) is 17.3 Å². The number of nitrogens with zero attached hydrogens (tertiary/aromatic N) is 2. The van der Waals surface area contributed by atoms with Crippen LogP contribution >= 0.6 is 15.9 Å². The van der Waals surface area contributed by atoms with Crippen molar-refractivity contribution in [1.29, 1.82) is 0 Å². The summed E-state index contributed by atoms with van der Waals surface area (Å²) in [5.74, 6) is -2.13. The predicted octanol–water partition coefficient (Wildman–Crippen LogP) is 2.30. The number of hydrogen-bond acceptors (Lipinski definition) is 4. The summed E-state index contributed by atoms with van der Waals surface area (Å²) in [6, 6.07) is 3.64. The molecule has 0 spiro atoms. The van der Waals surface area contributed by atoms with Gasteiger partial charge in [0.05, 0.1) is 0 Å². The second-order valence-electron chi connectivity index (χ2n) is 4.89. The van der Waals surface area contributed by atoms with Crippen LogP contribution in [0.25, 0.3) is 0 Å². The topological polar surface area (TPSA) is 70.9 Å². The van der Waals surface area contributed by atoms with E-state index in [1.165, 1.54) is 6.07 Å². The third-order valence-corrected chi connectivity index (χ3v) is 4.42. The van der Waals surface area contributed by atoms with E-state index in [4.69, 9.17) is 0 Å². The van der Waals surface area contributed by atoms with E-state index in [-0.39, 0.29) is 5.56 Å². The van der Waals surface area contributed by atoms with E-state index in [0.29, 0.717) is 10.9 Å². The molecule has 2 aliphatic rings. The number of benzene rings is 1. The minimum Gasteiger partial charge on any atom is -0.294 e.